The zero-order chi connectivity index (χ0) is 34.5. The number of nitrogens with one attached hydrogen (secondary N) is 2. The average Bonchev–Trinajstić information content (AvgIpc) is 3.94. The van der Waals surface area contributed by atoms with E-state index in [-0.39, 0.29) is 24.9 Å². The van der Waals surface area contributed by atoms with Crippen LogP contribution in [0, 0.1) is 25.6 Å². The maximum Gasteiger partial charge on any atom is 0.350 e. The van der Waals surface area contributed by atoms with Crippen molar-refractivity contribution in [3.8, 4) is 11.4 Å². The fourth-order valence-corrected chi connectivity index (χ4v) is 6.85. The van der Waals surface area contributed by atoms with Crippen molar-refractivity contribution in [3.63, 3.8) is 0 Å². The van der Waals surface area contributed by atoms with Gasteiger partial charge in [-0.15, -0.1) is 0 Å². The van der Waals surface area contributed by atoms with Gasteiger partial charge in [0.2, 0.25) is 5.79 Å². The summed E-state index contributed by atoms with van der Waals surface area (Å²) >= 11 is 0. The SMILES string of the molecule is Cc1ccc([C@]2(Cn3nccn3)OC[C@@H](COc3ccc(NCCNc4ccc(-n5cnn(CC6CCCC6)c5=O)cc4)c(F)c3)O2)c(C)c1. The number of hydrogen-bond acceptors (Lipinski definition) is 9. The van der Waals surface area contributed by atoms with Crippen LogP contribution < -0.4 is 21.1 Å². The molecule has 1 aliphatic heterocycles. The molecule has 0 amide bonds. The van der Waals surface area contributed by atoms with E-state index in [4.69, 9.17) is 14.2 Å². The van der Waals surface area contributed by atoms with Crippen molar-refractivity contribution >= 4 is 11.4 Å². The molecule has 3 heterocycles. The monoisotopic (exact) mass is 682 g/mol. The first-order valence-corrected chi connectivity index (χ1v) is 17.2. The Bertz CT molecular complexity index is 1940. The zero-order valence-electron chi connectivity index (χ0n) is 28.4. The maximum atomic E-state index is 15.0. The molecule has 2 aromatic heterocycles. The summed E-state index contributed by atoms with van der Waals surface area (Å²) in [7, 11) is 0. The Kier molecular flexibility index (Phi) is 9.95. The molecule has 0 spiro atoms. The number of ether oxygens (including phenoxy) is 3. The lowest BCUT2D eigenvalue weighted by Crippen LogP contribution is -2.36. The number of aromatic nitrogens is 6. The number of halogens is 1. The number of aryl methyl sites for hydroxylation is 2. The Balaban J connectivity index is 0.883. The van der Waals surface area contributed by atoms with Gasteiger partial charge in [-0.2, -0.15) is 20.1 Å². The minimum atomic E-state index is -1.07. The van der Waals surface area contributed by atoms with Crippen molar-refractivity contribution in [1.82, 2.24) is 29.3 Å². The smallest absolute Gasteiger partial charge is 0.350 e. The molecule has 2 atom stereocenters. The second-order valence-corrected chi connectivity index (χ2v) is 13.2. The predicted molar refractivity (Wildman–Crippen MR) is 187 cm³/mol. The Morgan fingerprint density at radius 1 is 0.960 bits per heavy atom. The highest BCUT2D eigenvalue weighted by Gasteiger charge is 2.45. The van der Waals surface area contributed by atoms with Crippen LogP contribution in [0.5, 0.6) is 5.75 Å². The minimum absolute atomic E-state index is 0.115. The number of hydrogen-bond donors (Lipinski definition) is 2. The van der Waals surface area contributed by atoms with E-state index in [1.807, 2.05) is 50.2 Å². The molecule has 3 aromatic carbocycles. The molecule has 0 bridgehead atoms. The fraction of sp³-hybridized carbons (Fsp3) is 0.405. The Labute approximate surface area is 290 Å². The third kappa shape index (κ3) is 7.58. The van der Waals surface area contributed by atoms with Crippen LogP contribution >= 0.6 is 0 Å². The van der Waals surface area contributed by atoms with Crippen LogP contribution in [0.2, 0.25) is 0 Å². The largest absolute Gasteiger partial charge is 0.491 e. The van der Waals surface area contributed by atoms with Crippen molar-refractivity contribution in [2.45, 2.75) is 64.5 Å². The minimum Gasteiger partial charge on any atom is -0.491 e. The van der Waals surface area contributed by atoms with Gasteiger partial charge in [-0.05, 0) is 74.6 Å². The quantitative estimate of drug-likeness (QED) is 0.148. The Hall–Kier alpha value is -5.01. The normalized spacial score (nSPS) is 19.2. The third-order valence-corrected chi connectivity index (χ3v) is 9.40. The molecule has 7 rings (SSSR count). The van der Waals surface area contributed by atoms with Gasteiger partial charge >= 0.3 is 5.69 Å². The van der Waals surface area contributed by atoms with E-state index in [2.05, 4.69) is 32.0 Å². The first kappa shape index (κ1) is 33.5. The number of anilines is 2. The van der Waals surface area contributed by atoms with Crippen molar-refractivity contribution < 1.29 is 18.6 Å². The van der Waals surface area contributed by atoms with Gasteiger partial charge in [0.1, 0.15) is 37.1 Å². The lowest BCUT2D eigenvalue weighted by Gasteiger charge is -2.29. The summed E-state index contributed by atoms with van der Waals surface area (Å²) in [6.07, 6.45) is 9.24. The standard InChI is InChI=1S/C37H43FN8O4/c1-26-7-13-33(27(2)19-26)37(24-46-41-17-18-42-46)49-23-32(50-37)22-48-31-12-14-35(34(38)20-31)40-16-15-39-29-8-10-30(11-9-29)44-25-43-45(36(44)47)21-28-5-3-4-6-28/h7-14,17-20,25,28,32,39-40H,3-6,15-16,21-24H2,1-2H3/t32-,37-/m1/s1. The molecule has 262 valence electrons. The van der Waals surface area contributed by atoms with Crippen molar-refractivity contribution in [1.29, 1.82) is 0 Å². The van der Waals surface area contributed by atoms with Crippen LogP contribution in [0.15, 0.2) is 84.2 Å². The van der Waals surface area contributed by atoms with Gasteiger partial charge in [-0.3, -0.25) is 0 Å². The number of rotatable bonds is 14. The maximum absolute atomic E-state index is 15.0. The highest BCUT2D eigenvalue weighted by atomic mass is 19.1. The number of nitrogens with zero attached hydrogens (tertiary/aromatic N) is 6. The van der Waals surface area contributed by atoms with Crippen LogP contribution in [0.25, 0.3) is 5.69 Å². The Morgan fingerprint density at radius 3 is 2.50 bits per heavy atom. The van der Waals surface area contributed by atoms with Gasteiger partial charge in [0, 0.05) is 37.0 Å². The van der Waals surface area contributed by atoms with Gasteiger partial charge in [0.05, 0.1) is 30.4 Å². The summed E-state index contributed by atoms with van der Waals surface area (Å²) in [4.78, 5) is 14.4. The molecule has 5 aromatic rings. The van der Waals surface area contributed by atoms with Crippen LogP contribution in [-0.2, 0) is 28.4 Å². The van der Waals surface area contributed by atoms with Crippen molar-refractivity contribution in [2.75, 3.05) is 36.9 Å². The molecule has 1 saturated heterocycles. The van der Waals surface area contributed by atoms with Gasteiger partial charge in [-0.25, -0.2) is 18.4 Å². The van der Waals surface area contributed by atoms with Crippen LogP contribution in [0.4, 0.5) is 15.8 Å². The summed E-state index contributed by atoms with van der Waals surface area (Å²) < 4.78 is 36.9. The van der Waals surface area contributed by atoms with E-state index in [0.29, 0.717) is 43.6 Å². The highest BCUT2D eigenvalue weighted by molar-refractivity contribution is 5.50. The molecule has 2 aliphatic rings. The average molecular weight is 683 g/mol. The van der Waals surface area contributed by atoms with E-state index in [0.717, 1.165) is 40.9 Å². The lowest BCUT2D eigenvalue weighted by molar-refractivity contribution is -0.192. The van der Waals surface area contributed by atoms with Crippen LogP contribution in [0.3, 0.4) is 0 Å². The van der Waals surface area contributed by atoms with Gasteiger partial charge < -0.3 is 24.8 Å². The van der Waals surface area contributed by atoms with Crippen LogP contribution in [0.1, 0.15) is 42.4 Å². The molecule has 0 unspecified atom stereocenters. The van der Waals surface area contributed by atoms with E-state index < -0.39 is 11.6 Å². The summed E-state index contributed by atoms with van der Waals surface area (Å²) in [5.74, 6) is -0.547. The van der Waals surface area contributed by atoms with Crippen LogP contribution in [-0.4, -0.2) is 61.7 Å². The van der Waals surface area contributed by atoms with E-state index >= 15 is 4.39 Å². The molecule has 0 radical (unpaired) electrons. The molecule has 13 heteroatoms. The predicted octanol–water partition coefficient (Wildman–Crippen LogP) is 5.44. The Morgan fingerprint density at radius 2 is 1.74 bits per heavy atom. The lowest BCUT2D eigenvalue weighted by atomic mass is 9.98. The fourth-order valence-electron chi connectivity index (χ4n) is 6.85. The van der Waals surface area contributed by atoms with Gasteiger partial charge in [0.25, 0.3) is 0 Å². The molecule has 1 saturated carbocycles. The highest BCUT2D eigenvalue weighted by Crippen LogP contribution is 2.38. The van der Waals surface area contributed by atoms with Crippen molar-refractivity contribution in [3.05, 3.63) is 112 Å². The molecule has 12 nitrogen and oxygen atoms in total. The third-order valence-electron chi connectivity index (χ3n) is 9.40. The molecule has 50 heavy (non-hydrogen) atoms. The zero-order valence-corrected chi connectivity index (χ0v) is 28.4. The van der Waals surface area contributed by atoms with E-state index in [1.165, 1.54) is 18.9 Å². The molecule has 2 N–H and O–H groups in total. The van der Waals surface area contributed by atoms with E-state index in [9.17, 15) is 4.79 Å². The van der Waals surface area contributed by atoms with E-state index in [1.54, 1.807) is 44.9 Å². The molecule has 2 fully saturated rings. The molecular formula is C37H43FN8O4. The summed E-state index contributed by atoms with van der Waals surface area (Å²) in [5, 5.41) is 19.3. The molecular weight excluding hydrogens is 639 g/mol. The second-order valence-electron chi connectivity index (χ2n) is 13.2. The first-order chi connectivity index (χ1) is 24.3. The second kappa shape index (κ2) is 14.9. The number of benzene rings is 3. The van der Waals surface area contributed by atoms with Gasteiger partial charge in [0.15, 0.2) is 0 Å². The summed E-state index contributed by atoms with van der Waals surface area (Å²) in [6, 6.07) is 18.5. The first-order valence-electron chi connectivity index (χ1n) is 17.2. The molecule has 1 aliphatic carbocycles. The van der Waals surface area contributed by atoms with Gasteiger partial charge in [-0.1, -0.05) is 36.6 Å². The summed E-state index contributed by atoms with van der Waals surface area (Å²) in [5.41, 5.74) is 5.02. The topological polar surface area (TPSA) is 122 Å². The van der Waals surface area contributed by atoms with Crippen molar-refractivity contribution in [2.24, 2.45) is 5.92 Å². The summed E-state index contributed by atoms with van der Waals surface area (Å²) in [6.45, 7) is 6.58.